The average Bonchev–Trinajstić information content (AvgIpc) is 2.68. The van der Waals surface area contributed by atoms with Gasteiger partial charge >= 0.3 is 12.1 Å². The molecule has 0 aliphatic carbocycles. The van der Waals surface area contributed by atoms with Gasteiger partial charge in [-0.2, -0.15) is 13.2 Å². The summed E-state index contributed by atoms with van der Waals surface area (Å²) in [4.78, 5) is 24.4. The van der Waals surface area contributed by atoms with Gasteiger partial charge in [0, 0.05) is 16.5 Å². The predicted octanol–water partition coefficient (Wildman–Crippen LogP) is 3.95. The molecule has 2 rings (SSSR count). The number of aliphatic hydroxyl groups excluding tert-OH is 1. The molecule has 29 heavy (non-hydrogen) atoms. The fraction of sp³-hybridized carbons (Fsp3) is 0.263. The van der Waals surface area contributed by atoms with Crippen LogP contribution in [-0.4, -0.2) is 30.1 Å². The van der Waals surface area contributed by atoms with Crippen molar-refractivity contribution in [3.63, 3.8) is 0 Å². The van der Waals surface area contributed by atoms with Crippen LogP contribution >= 0.6 is 23.2 Å². The van der Waals surface area contributed by atoms with E-state index in [2.05, 4.69) is 10.1 Å². The van der Waals surface area contributed by atoms with Crippen LogP contribution in [0.1, 0.15) is 22.8 Å². The van der Waals surface area contributed by atoms with Crippen molar-refractivity contribution in [1.29, 1.82) is 0 Å². The molecule has 0 aliphatic rings. The zero-order chi connectivity index (χ0) is 21.8. The number of rotatable bonds is 6. The Balaban J connectivity index is 2.18. The number of carbonyl (C=O) groups is 2. The van der Waals surface area contributed by atoms with Crippen LogP contribution in [0, 0.1) is 0 Å². The molecule has 0 bridgehead atoms. The highest BCUT2D eigenvalue weighted by atomic mass is 35.5. The maximum Gasteiger partial charge on any atom is 0.416 e. The molecule has 0 spiro atoms. The molecule has 2 atom stereocenters. The normalized spacial score (nSPS) is 13.5. The quantitative estimate of drug-likeness (QED) is 0.654. The SMILES string of the molecule is COC(=O)[C@@H](Cc1c(Cl)cccc1Cl)NC(=O)[C@H](O)c1ccc(C(F)(F)F)cc1. The number of halogens is 5. The molecule has 0 aliphatic heterocycles. The summed E-state index contributed by atoms with van der Waals surface area (Å²) in [5.41, 5.74) is -0.611. The topological polar surface area (TPSA) is 75.6 Å². The number of amides is 1. The number of methoxy groups -OCH3 is 1. The summed E-state index contributed by atoms with van der Waals surface area (Å²) >= 11 is 12.2. The smallest absolute Gasteiger partial charge is 0.416 e. The monoisotopic (exact) mass is 449 g/mol. The van der Waals surface area contributed by atoms with E-state index >= 15 is 0 Å². The van der Waals surface area contributed by atoms with Crippen LogP contribution in [0.3, 0.4) is 0 Å². The summed E-state index contributed by atoms with van der Waals surface area (Å²) in [5.74, 6) is -1.81. The van der Waals surface area contributed by atoms with Crippen LogP contribution in [0.15, 0.2) is 42.5 Å². The van der Waals surface area contributed by atoms with E-state index in [1.807, 2.05) is 0 Å². The van der Waals surface area contributed by atoms with Crippen molar-refractivity contribution in [1.82, 2.24) is 5.32 Å². The minimum atomic E-state index is -4.55. The highest BCUT2D eigenvalue weighted by Crippen LogP contribution is 2.30. The third-order valence-electron chi connectivity index (χ3n) is 4.07. The molecule has 1 amide bonds. The van der Waals surface area contributed by atoms with E-state index in [1.54, 1.807) is 18.2 Å². The maximum atomic E-state index is 12.6. The lowest BCUT2D eigenvalue weighted by Crippen LogP contribution is -2.45. The molecule has 2 aromatic rings. The second kappa shape index (κ2) is 9.47. The third-order valence-corrected chi connectivity index (χ3v) is 4.78. The van der Waals surface area contributed by atoms with E-state index in [1.165, 1.54) is 0 Å². The van der Waals surface area contributed by atoms with Gasteiger partial charge in [0.1, 0.15) is 6.04 Å². The molecule has 0 heterocycles. The number of esters is 1. The van der Waals surface area contributed by atoms with Crippen LogP contribution in [-0.2, 0) is 26.9 Å². The summed E-state index contributed by atoms with van der Waals surface area (Å²) in [6.07, 6.45) is -6.46. The summed E-state index contributed by atoms with van der Waals surface area (Å²) in [5, 5.41) is 13.0. The number of benzene rings is 2. The Labute approximate surface area is 174 Å². The van der Waals surface area contributed by atoms with Crippen LogP contribution < -0.4 is 5.32 Å². The lowest BCUT2D eigenvalue weighted by Gasteiger charge is -2.20. The first kappa shape index (κ1) is 23.0. The lowest BCUT2D eigenvalue weighted by molar-refractivity contribution is -0.146. The Hall–Kier alpha value is -2.29. The van der Waals surface area contributed by atoms with E-state index in [0.29, 0.717) is 5.56 Å². The van der Waals surface area contributed by atoms with E-state index < -0.39 is 35.8 Å². The van der Waals surface area contributed by atoms with Crippen molar-refractivity contribution in [3.8, 4) is 0 Å². The van der Waals surface area contributed by atoms with Gasteiger partial charge < -0.3 is 15.2 Å². The standard InChI is InChI=1S/C19H16Cl2F3NO4/c1-29-18(28)15(9-12-13(20)3-2-4-14(12)21)25-17(27)16(26)10-5-7-11(8-6-10)19(22,23)24/h2-8,15-16,26H,9H2,1H3,(H,25,27)/t15-,16-/m1/s1. The molecule has 2 aromatic carbocycles. The molecule has 5 nitrogen and oxygen atoms in total. The van der Waals surface area contributed by atoms with Crippen LogP contribution in [0.25, 0.3) is 0 Å². The van der Waals surface area contributed by atoms with Gasteiger partial charge in [-0.15, -0.1) is 0 Å². The second-order valence-corrected chi connectivity index (χ2v) is 6.83. The minimum Gasteiger partial charge on any atom is -0.467 e. The van der Waals surface area contributed by atoms with Crippen molar-refractivity contribution in [2.75, 3.05) is 7.11 Å². The van der Waals surface area contributed by atoms with E-state index in [-0.39, 0.29) is 22.0 Å². The summed E-state index contributed by atoms with van der Waals surface area (Å²) < 4.78 is 42.6. The zero-order valence-electron chi connectivity index (χ0n) is 15.0. The van der Waals surface area contributed by atoms with E-state index in [9.17, 15) is 27.9 Å². The highest BCUT2D eigenvalue weighted by Gasteiger charge is 2.31. The van der Waals surface area contributed by atoms with Gasteiger partial charge in [-0.05, 0) is 35.4 Å². The first-order chi connectivity index (χ1) is 13.5. The number of carbonyl (C=O) groups excluding carboxylic acids is 2. The Morgan fingerprint density at radius 3 is 2.14 bits per heavy atom. The second-order valence-electron chi connectivity index (χ2n) is 6.01. The van der Waals surface area contributed by atoms with Gasteiger partial charge in [0.25, 0.3) is 5.91 Å². The Morgan fingerprint density at radius 2 is 1.66 bits per heavy atom. The Morgan fingerprint density at radius 1 is 1.10 bits per heavy atom. The van der Waals surface area contributed by atoms with Gasteiger partial charge in [-0.1, -0.05) is 41.4 Å². The number of ether oxygens (including phenoxy) is 1. The number of aliphatic hydroxyl groups is 1. The molecule has 0 radical (unpaired) electrons. The summed E-state index contributed by atoms with van der Waals surface area (Å²) in [6, 6.07) is 6.92. The molecule has 0 unspecified atom stereocenters. The Bertz CT molecular complexity index is 868. The molecule has 0 saturated heterocycles. The number of nitrogens with one attached hydrogen (secondary N) is 1. The maximum absolute atomic E-state index is 12.6. The fourth-order valence-corrected chi connectivity index (χ4v) is 3.08. The van der Waals surface area contributed by atoms with E-state index in [4.69, 9.17) is 23.2 Å². The van der Waals surface area contributed by atoms with Crippen molar-refractivity contribution < 1.29 is 32.6 Å². The van der Waals surface area contributed by atoms with Crippen molar-refractivity contribution >= 4 is 35.1 Å². The Kier molecular flexibility index (Phi) is 7.51. The molecule has 0 aromatic heterocycles. The van der Waals surface area contributed by atoms with Crippen molar-refractivity contribution in [3.05, 3.63) is 69.2 Å². The molecular weight excluding hydrogens is 434 g/mol. The number of alkyl halides is 3. The zero-order valence-corrected chi connectivity index (χ0v) is 16.5. The van der Waals surface area contributed by atoms with Crippen LogP contribution in [0.5, 0.6) is 0 Å². The molecule has 0 saturated carbocycles. The van der Waals surface area contributed by atoms with Gasteiger partial charge in [0.15, 0.2) is 6.10 Å². The highest BCUT2D eigenvalue weighted by molar-refractivity contribution is 6.36. The van der Waals surface area contributed by atoms with Gasteiger partial charge in [0.05, 0.1) is 12.7 Å². The van der Waals surface area contributed by atoms with Crippen LogP contribution in [0.2, 0.25) is 10.0 Å². The molecule has 2 N–H and O–H groups in total. The molecule has 156 valence electrons. The largest absolute Gasteiger partial charge is 0.467 e. The minimum absolute atomic E-state index is 0.0742. The number of hydrogen-bond acceptors (Lipinski definition) is 4. The van der Waals surface area contributed by atoms with Crippen molar-refractivity contribution in [2.45, 2.75) is 24.7 Å². The third kappa shape index (κ3) is 5.85. The van der Waals surface area contributed by atoms with E-state index in [0.717, 1.165) is 31.4 Å². The summed E-state index contributed by atoms with van der Waals surface area (Å²) in [6.45, 7) is 0. The summed E-state index contributed by atoms with van der Waals surface area (Å²) in [7, 11) is 1.11. The van der Waals surface area contributed by atoms with Gasteiger partial charge in [-0.3, -0.25) is 4.79 Å². The molecule has 10 heteroatoms. The number of hydrogen-bond donors (Lipinski definition) is 2. The average molecular weight is 450 g/mol. The predicted molar refractivity (Wildman–Crippen MR) is 101 cm³/mol. The van der Waals surface area contributed by atoms with Crippen molar-refractivity contribution in [2.24, 2.45) is 0 Å². The molecule has 0 fully saturated rings. The molecular formula is C19H16Cl2F3NO4. The fourth-order valence-electron chi connectivity index (χ4n) is 2.52. The first-order valence-electron chi connectivity index (χ1n) is 8.21. The van der Waals surface area contributed by atoms with Gasteiger partial charge in [0.2, 0.25) is 0 Å². The lowest BCUT2D eigenvalue weighted by atomic mass is 10.0. The van der Waals surface area contributed by atoms with Gasteiger partial charge in [-0.25, -0.2) is 4.79 Å². The first-order valence-corrected chi connectivity index (χ1v) is 8.96. The van der Waals surface area contributed by atoms with Crippen LogP contribution in [0.4, 0.5) is 13.2 Å².